The number of rotatable bonds is 6. The van der Waals surface area contributed by atoms with Crippen LogP contribution in [0.3, 0.4) is 0 Å². The molecule has 0 radical (unpaired) electrons. The highest BCUT2D eigenvalue weighted by atomic mass is 16.5. The molecule has 1 fully saturated rings. The van der Waals surface area contributed by atoms with E-state index < -0.39 is 0 Å². The van der Waals surface area contributed by atoms with Crippen molar-refractivity contribution >= 4 is 5.82 Å². The molecule has 6 nitrogen and oxygen atoms in total. The minimum atomic E-state index is 0.496. The predicted octanol–water partition coefficient (Wildman–Crippen LogP) is 3.56. The van der Waals surface area contributed by atoms with Gasteiger partial charge in [0.25, 0.3) is 5.89 Å². The summed E-state index contributed by atoms with van der Waals surface area (Å²) in [7, 11) is 0. The van der Waals surface area contributed by atoms with E-state index in [0.717, 1.165) is 43.1 Å². The van der Waals surface area contributed by atoms with Crippen LogP contribution < -0.4 is 5.32 Å². The molecule has 4 rings (SSSR count). The Balaban J connectivity index is 1.36. The van der Waals surface area contributed by atoms with E-state index in [9.17, 15) is 0 Å². The van der Waals surface area contributed by atoms with Crippen molar-refractivity contribution in [3.63, 3.8) is 0 Å². The van der Waals surface area contributed by atoms with Gasteiger partial charge >= 0.3 is 0 Å². The molecule has 0 amide bonds. The Hall–Kier alpha value is -2.73. The minimum Gasteiger partial charge on any atom is -0.381 e. The summed E-state index contributed by atoms with van der Waals surface area (Å²) in [6.45, 7) is 2.60. The lowest BCUT2D eigenvalue weighted by Crippen LogP contribution is -2.24. The van der Waals surface area contributed by atoms with E-state index in [2.05, 4.69) is 32.6 Å². The summed E-state index contributed by atoms with van der Waals surface area (Å²) in [6.07, 6.45) is 4.76. The minimum absolute atomic E-state index is 0.496. The molecule has 3 heterocycles. The molecule has 1 atom stereocenters. The van der Waals surface area contributed by atoms with Crippen LogP contribution >= 0.6 is 0 Å². The highest BCUT2D eigenvalue weighted by Crippen LogP contribution is 2.19. The van der Waals surface area contributed by atoms with Gasteiger partial charge in [0.1, 0.15) is 5.82 Å². The average molecular weight is 350 g/mol. The number of ether oxygens (including phenoxy) is 1. The van der Waals surface area contributed by atoms with Gasteiger partial charge in [0.2, 0.25) is 0 Å². The second-order valence-corrected chi connectivity index (χ2v) is 6.57. The van der Waals surface area contributed by atoms with Crippen LogP contribution in [0, 0.1) is 5.92 Å². The Morgan fingerprint density at radius 1 is 1.12 bits per heavy atom. The lowest BCUT2D eigenvalue weighted by Gasteiger charge is -2.22. The van der Waals surface area contributed by atoms with Crippen LogP contribution in [-0.4, -0.2) is 34.9 Å². The molecule has 0 spiro atoms. The first kappa shape index (κ1) is 16.7. The number of hydrogen-bond acceptors (Lipinski definition) is 6. The maximum atomic E-state index is 5.50. The zero-order valence-corrected chi connectivity index (χ0v) is 14.6. The van der Waals surface area contributed by atoms with Crippen molar-refractivity contribution < 1.29 is 9.26 Å². The molecule has 0 unspecified atom stereocenters. The summed E-state index contributed by atoms with van der Waals surface area (Å²) >= 11 is 0. The van der Waals surface area contributed by atoms with E-state index in [1.807, 2.05) is 30.3 Å². The topological polar surface area (TPSA) is 73.1 Å². The first-order valence-electron chi connectivity index (χ1n) is 9.01. The molecular weight excluding hydrogens is 328 g/mol. The quantitative estimate of drug-likeness (QED) is 0.733. The average Bonchev–Trinajstić information content (AvgIpc) is 3.17. The lowest BCUT2D eigenvalue weighted by molar-refractivity contribution is 0.0595. The molecule has 1 N–H and O–H groups in total. The maximum absolute atomic E-state index is 5.50. The predicted molar refractivity (Wildman–Crippen MR) is 98.8 cm³/mol. The van der Waals surface area contributed by atoms with E-state index in [4.69, 9.17) is 9.26 Å². The van der Waals surface area contributed by atoms with Crippen LogP contribution in [0.2, 0.25) is 0 Å². The third-order valence-electron chi connectivity index (χ3n) is 4.51. The van der Waals surface area contributed by atoms with Crippen molar-refractivity contribution in [3.05, 3.63) is 60.0 Å². The van der Waals surface area contributed by atoms with Crippen molar-refractivity contribution in [1.29, 1.82) is 0 Å². The number of benzene rings is 1. The SMILES string of the molecule is c1ccc(Cc2noc(-c3ccc(NC[C@H]4CCCOC4)nc3)n2)cc1. The zero-order valence-electron chi connectivity index (χ0n) is 14.6. The lowest BCUT2D eigenvalue weighted by atomic mass is 10.0. The Morgan fingerprint density at radius 3 is 2.81 bits per heavy atom. The standard InChI is InChI=1S/C20H22N4O2/c1-2-5-15(6-3-1)11-19-23-20(26-24-19)17-8-9-18(22-13-17)21-12-16-7-4-10-25-14-16/h1-3,5-6,8-9,13,16H,4,7,10-12,14H2,(H,21,22)/t16-/m1/s1. The summed E-state index contributed by atoms with van der Waals surface area (Å²) in [5, 5.41) is 7.44. The van der Waals surface area contributed by atoms with Gasteiger partial charge in [-0.1, -0.05) is 35.5 Å². The van der Waals surface area contributed by atoms with Gasteiger partial charge in [-0.15, -0.1) is 0 Å². The van der Waals surface area contributed by atoms with E-state index in [-0.39, 0.29) is 0 Å². The van der Waals surface area contributed by atoms with Crippen LogP contribution in [0.1, 0.15) is 24.2 Å². The van der Waals surface area contributed by atoms with Crippen LogP contribution in [0.4, 0.5) is 5.82 Å². The molecule has 1 aliphatic heterocycles. The number of anilines is 1. The molecule has 1 saturated heterocycles. The summed E-state index contributed by atoms with van der Waals surface area (Å²) in [4.78, 5) is 8.92. The summed E-state index contributed by atoms with van der Waals surface area (Å²) in [5.41, 5.74) is 1.98. The van der Waals surface area contributed by atoms with Gasteiger partial charge in [0, 0.05) is 25.8 Å². The third kappa shape index (κ3) is 4.26. The van der Waals surface area contributed by atoms with Crippen LogP contribution in [0.25, 0.3) is 11.5 Å². The fraction of sp³-hybridized carbons (Fsp3) is 0.350. The molecule has 0 aliphatic carbocycles. The highest BCUT2D eigenvalue weighted by molar-refractivity contribution is 5.54. The second-order valence-electron chi connectivity index (χ2n) is 6.57. The zero-order chi connectivity index (χ0) is 17.6. The van der Waals surface area contributed by atoms with E-state index in [1.165, 1.54) is 6.42 Å². The Morgan fingerprint density at radius 2 is 2.04 bits per heavy atom. The molecule has 2 aromatic heterocycles. The van der Waals surface area contributed by atoms with Crippen molar-refractivity contribution in [1.82, 2.24) is 15.1 Å². The van der Waals surface area contributed by atoms with Crippen LogP contribution in [-0.2, 0) is 11.2 Å². The van der Waals surface area contributed by atoms with Crippen molar-refractivity contribution in [2.24, 2.45) is 5.92 Å². The van der Waals surface area contributed by atoms with E-state index >= 15 is 0 Å². The molecule has 6 heteroatoms. The van der Waals surface area contributed by atoms with Crippen LogP contribution in [0.15, 0.2) is 53.2 Å². The normalized spacial score (nSPS) is 17.2. The van der Waals surface area contributed by atoms with Gasteiger partial charge in [-0.3, -0.25) is 0 Å². The molecular formula is C20H22N4O2. The van der Waals surface area contributed by atoms with Gasteiger partial charge in [-0.05, 0) is 36.5 Å². The van der Waals surface area contributed by atoms with Gasteiger partial charge in [-0.25, -0.2) is 4.98 Å². The number of pyridine rings is 1. The smallest absolute Gasteiger partial charge is 0.259 e. The molecule has 0 bridgehead atoms. The highest BCUT2D eigenvalue weighted by Gasteiger charge is 2.14. The van der Waals surface area contributed by atoms with Crippen molar-refractivity contribution in [3.8, 4) is 11.5 Å². The fourth-order valence-electron chi connectivity index (χ4n) is 3.06. The summed E-state index contributed by atoms with van der Waals surface area (Å²) < 4.78 is 10.9. The van der Waals surface area contributed by atoms with E-state index in [0.29, 0.717) is 24.1 Å². The number of nitrogens with zero attached hydrogens (tertiary/aromatic N) is 3. The monoisotopic (exact) mass is 350 g/mol. The molecule has 1 aliphatic rings. The molecule has 134 valence electrons. The third-order valence-corrected chi connectivity index (χ3v) is 4.51. The number of hydrogen-bond donors (Lipinski definition) is 1. The van der Waals surface area contributed by atoms with Gasteiger partial charge < -0.3 is 14.6 Å². The number of aromatic nitrogens is 3. The van der Waals surface area contributed by atoms with E-state index in [1.54, 1.807) is 6.20 Å². The van der Waals surface area contributed by atoms with Gasteiger partial charge in [0.15, 0.2) is 5.82 Å². The maximum Gasteiger partial charge on any atom is 0.259 e. The largest absolute Gasteiger partial charge is 0.381 e. The first-order chi connectivity index (χ1) is 12.9. The summed E-state index contributed by atoms with van der Waals surface area (Å²) in [6, 6.07) is 14.0. The molecule has 1 aromatic carbocycles. The second kappa shape index (κ2) is 8.10. The summed E-state index contributed by atoms with van der Waals surface area (Å²) in [5.74, 6) is 2.58. The van der Waals surface area contributed by atoms with Crippen molar-refractivity contribution in [2.45, 2.75) is 19.3 Å². The fourth-order valence-corrected chi connectivity index (χ4v) is 3.06. The molecule has 26 heavy (non-hydrogen) atoms. The Bertz CT molecular complexity index is 811. The first-order valence-corrected chi connectivity index (χ1v) is 9.01. The van der Waals surface area contributed by atoms with Gasteiger partial charge in [0.05, 0.1) is 12.2 Å². The Kier molecular flexibility index (Phi) is 5.21. The Labute approximate surface area is 152 Å². The number of nitrogens with one attached hydrogen (secondary N) is 1. The van der Waals surface area contributed by atoms with Crippen molar-refractivity contribution in [2.75, 3.05) is 25.1 Å². The van der Waals surface area contributed by atoms with Gasteiger partial charge in [-0.2, -0.15) is 4.98 Å². The molecule has 3 aromatic rings. The molecule has 0 saturated carbocycles. The van der Waals surface area contributed by atoms with Crippen LogP contribution in [0.5, 0.6) is 0 Å².